The Labute approximate surface area is 90.2 Å². The van der Waals surface area contributed by atoms with Crippen molar-refractivity contribution in [3.8, 4) is 0 Å². The van der Waals surface area contributed by atoms with Crippen molar-refractivity contribution in [3.63, 3.8) is 0 Å². The molecule has 0 amide bonds. The fraction of sp³-hybridized carbons (Fsp3) is 0.417. The van der Waals surface area contributed by atoms with E-state index in [4.69, 9.17) is 5.73 Å². The zero-order valence-electron chi connectivity index (χ0n) is 9.19. The van der Waals surface area contributed by atoms with Gasteiger partial charge < -0.3 is 10.5 Å². The number of nitrogens with two attached hydrogens (primary N) is 1. The summed E-state index contributed by atoms with van der Waals surface area (Å²) in [5.41, 5.74) is 8.01. The summed E-state index contributed by atoms with van der Waals surface area (Å²) in [5, 5.41) is 0. The van der Waals surface area contributed by atoms with Gasteiger partial charge in [0, 0.05) is 0 Å². The van der Waals surface area contributed by atoms with Gasteiger partial charge in [-0.15, -0.1) is 0 Å². The van der Waals surface area contributed by atoms with Crippen LogP contribution in [0.25, 0.3) is 0 Å². The molecule has 0 heterocycles. The molecule has 0 aromatic heterocycles. The van der Waals surface area contributed by atoms with Gasteiger partial charge in [0.05, 0.1) is 7.11 Å². The summed E-state index contributed by atoms with van der Waals surface area (Å²) in [4.78, 5) is 11.1. The molecule has 15 heavy (non-hydrogen) atoms. The van der Waals surface area contributed by atoms with Gasteiger partial charge in [-0.3, -0.25) is 4.79 Å². The summed E-state index contributed by atoms with van der Waals surface area (Å²) in [5.74, 6) is -0.364. The molecule has 0 spiro atoms. The van der Waals surface area contributed by atoms with Crippen LogP contribution in [0.2, 0.25) is 0 Å². The number of hydrogen-bond donors (Lipinski definition) is 1. The molecule has 0 bridgehead atoms. The maximum Gasteiger partial charge on any atom is 0.322 e. The first kappa shape index (κ1) is 11.7. The first-order valence-corrected chi connectivity index (χ1v) is 5.08. The molecule has 1 unspecified atom stereocenters. The van der Waals surface area contributed by atoms with Gasteiger partial charge in [0.2, 0.25) is 0 Å². The van der Waals surface area contributed by atoms with E-state index in [0.717, 1.165) is 12.0 Å². The minimum Gasteiger partial charge on any atom is -0.468 e. The highest BCUT2D eigenvalue weighted by molar-refractivity contribution is 5.75. The topological polar surface area (TPSA) is 52.3 Å². The third kappa shape index (κ3) is 3.36. The molecule has 1 aromatic carbocycles. The number of rotatable bonds is 4. The normalized spacial score (nSPS) is 12.2. The minimum atomic E-state index is -0.567. The van der Waals surface area contributed by atoms with E-state index in [9.17, 15) is 4.79 Å². The average Bonchev–Trinajstić information content (AvgIpc) is 2.28. The Bertz CT molecular complexity index is 336. The first-order chi connectivity index (χ1) is 7.17. The molecular formula is C12H17NO2. The Morgan fingerprint density at radius 1 is 1.47 bits per heavy atom. The molecule has 0 aliphatic heterocycles. The predicted octanol–water partition coefficient (Wildman–Crippen LogP) is 1.29. The van der Waals surface area contributed by atoms with Crippen molar-refractivity contribution >= 4 is 5.97 Å². The van der Waals surface area contributed by atoms with Crippen LogP contribution < -0.4 is 5.73 Å². The molecule has 0 fully saturated rings. The molecule has 1 aromatic rings. The molecule has 0 aliphatic rings. The largest absolute Gasteiger partial charge is 0.468 e. The Kier molecular flexibility index (Phi) is 4.31. The fourth-order valence-corrected chi connectivity index (χ4v) is 1.47. The van der Waals surface area contributed by atoms with E-state index in [1.807, 2.05) is 12.1 Å². The quantitative estimate of drug-likeness (QED) is 0.757. The van der Waals surface area contributed by atoms with Crippen LogP contribution in [0, 0.1) is 0 Å². The van der Waals surface area contributed by atoms with Crippen LogP contribution in [-0.4, -0.2) is 19.1 Å². The van der Waals surface area contributed by atoms with Crippen molar-refractivity contribution in [2.24, 2.45) is 5.73 Å². The van der Waals surface area contributed by atoms with E-state index in [0.29, 0.717) is 6.42 Å². The van der Waals surface area contributed by atoms with Crippen LogP contribution in [-0.2, 0) is 22.4 Å². The molecular weight excluding hydrogens is 190 g/mol. The number of carbonyl (C=O) groups excluding carboxylic acids is 1. The molecule has 0 saturated heterocycles. The number of hydrogen-bond acceptors (Lipinski definition) is 3. The van der Waals surface area contributed by atoms with Crippen molar-refractivity contribution in [1.29, 1.82) is 0 Å². The Balaban J connectivity index is 2.67. The predicted molar refractivity (Wildman–Crippen MR) is 59.5 cm³/mol. The lowest BCUT2D eigenvalue weighted by Crippen LogP contribution is -2.33. The van der Waals surface area contributed by atoms with Crippen LogP contribution in [0.5, 0.6) is 0 Å². The standard InChI is InChI=1S/C12H17NO2/c1-3-9-5-4-6-10(7-9)8-11(13)12(14)15-2/h4-7,11H,3,8,13H2,1-2H3. The number of ether oxygens (including phenoxy) is 1. The maximum absolute atomic E-state index is 11.1. The zero-order valence-corrected chi connectivity index (χ0v) is 9.19. The van der Waals surface area contributed by atoms with Gasteiger partial charge in [0.15, 0.2) is 0 Å². The molecule has 1 atom stereocenters. The maximum atomic E-state index is 11.1. The molecule has 0 aliphatic carbocycles. The van der Waals surface area contributed by atoms with Gasteiger partial charge in [-0.1, -0.05) is 31.2 Å². The van der Waals surface area contributed by atoms with Crippen LogP contribution in [0.15, 0.2) is 24.3 Å². The van der Waals surface area contributed by atoms with Gasteiger partial charge in [-0.05, 0) is 24.0 Å². The summed E-state index contributed by atoms with van der Waals surface area (Å²) in [7, 11) is 1.35. The summed E-state index contributed by atoms with van der Waals surface area (Å²) in [6, 6.07) is 7.53. The highest BCUT2D eigenvalue weighted by atomic mass is 16.5. The lowest BCUT2D eigenvalue weighted by molar-refractivity contribution is -0.142. The fourth-order valence-electron chi connectivity index (χ4n) is 1.47. The lowest BCUT2D eigenvalue weighted by atomic mass is 10.0. The van der Waals surface area contributed by atoms with Gasteiger partial charge in [0.25, 0.3) is 0 Å². The van der Waals surface area contributed by atoms with E-state index in [-0.39, 0.29) is 5.97 Å². The van der Waals surface area contributed by atoms with Crippen molar-refractivity contribution in [3.05, 3.63) is 35.4 Å². The monoisotopic (exact) mass is 207 g/mol. The second-order valence-electron chi connectivity index (χ2n) is 3.51. The van der Waals surface area contributed by atoms with E-state index in [1.165, 1.54) is 12.7 Å². The van der Waals surface area contributed by atoms with Crippen LogP contribution in [0.4, 0.5) is 0 Å². The highest BCUT2D eigenvalue weighted by Crippen LogP contribution is 2.08. The van der Waals surface area contributed by atoms with Crippen LogP contribution >= 0.6 is 0 Å². The number of esters is 1. The Morgan fingerprint density at radius 3 is 2.73 bits per heavy atom. The van der Waals surface area contributed by atoms with Crippen LogP contribution in [0.1, 0.15) is 18.1 Å². The number of aryl methyl sites for hydroxylation is 1. The summed E-state index contributed by atoms with van der Waals surface area (Å²) >= 11 is 0. The average molecular weight is 207 g/mol. The SMILES string of the molecule is CCc1cccc(CC(N)C(=O)OC)c1. The van der Waals surface area contributed by atoms with E-state index < -0.39 is 6.04 Å². The number of carbonyl (C=O) groups is 1. The molecule has 82 valence electrons. The smallest absolute Gasteiger partial charge is 0.322 e. The van der Waals surface area contributed by atoms with Crippen molar-refractivity contribution < 1.29 is 9.53 Å². The summed E-state index contributed by atoms with van der Waals surface area (Å²) in [6.07, 6.45) is 1.52. The number of benzene rings is 1. The Hall–Kier alpha value is -1.35. The molecule has 1 rings (SSSR count). The number of methoxy groups -OCH3 is 1. The molecule has 2 N–H and O–H groups in total. The van der Waals surface area contributed by atoms with Gasteiger partial charge >= 0.3 is 5.97 Å². The van der Waals surface area contributed by atoms with E-state index >= 15 is 0 Å². The summed E-state index contributed by atoms with van der Waals surface area (Å²) in [6.45, 7) is 2.10. The van der Waals surface area contributed by atoms with Crippen LogP contribution in [0.3, 0.4) is 0 Å². The first-order valence-electron chi connectivity index (χ1n) is 5.08. The van der Waals surface area contributed by atoms with Gasteiger partial charge in [-0.2, -0.15) is 0 Å². The van der Waals surface area contributed by atoms with Crippen molar-refractivity contribution in [1.82, 2.24) is 0 Å². The lowest BCUT2D eigenvalue weighted by Gasteiger charge is -2.09. The molecule has 0 saturated carbocycles. The minimum absolute atomic E-state index is 0.364. The van der Waals surface area contributed by atoms with E-state index in [2.05, 4.69) is 23.8 Å². The highest BCUT2D eigenvalue weighted by Gasteiger charge is 2.13. The Morgan fingerprint density at radius 2 is 2.13 bits per heavy atom. The third-order valence-corrected chi connectivity index (χ3v) is 2.36. The zero-order chi connectivity index (χ0) is 11.3. The molecule has 3 nitrogen and oxygen atoms in total. The second kappa shape index (κ2) is 5.51. The van der Waals surface area contributed by atoms with Gasteiger partial charge in [-0.25, -0.2) is 0 Å². The molecule has 3 heteroatoms. The van der Waals surface area contributed by atoms with E-state index in [1.54, 1.807) is 0 Å². The third-order valence-electron chi connectivity index (χ3n) is 2.36. The molecule has 0 radical (unpaired) electrons. The van der Waals surface area contributed by atoms with Crippen molar-refractivity contribution in [2.45, 2.75) is 25.8 Å². The summed E-state index contributed by atoms with van der Waals surface area (Å²) < 4.78 is 4.58. The van der Waals surface area contributed by atoms with Gasteiger partial charge in [0.1, 0.15) is 6.04 Å². The van der Waals surface area contributed by atoms with Crippen molar-refractivity contribution in [2.75, 3.05) is 7.11 Å². The second-order valence-corrected chi connectivity index (χ2v) is 3.51.